The Balaban J connectivity index is 2.80. The van der Waals surface area contributed by atoms with Gasteiger partial charge in [0.25, 0.3) is 0 Å². The third-order valence-corrected chi connectivity index (χ3v) is 2.44. The largest absolute Gasteiger partial charge is 0.343 e. The van der Waals surface area contributed by atoms with E-state index in [0.717, 1.165) is 10.9 Å². The van der Waals surface area contributed by atoms with Gasteiger partial charge >= 0.3 is 0 Å². The van der Waals surface area contributed by atoms with Crippen LogP contribution in [0, 0.1) is 0 Å². The minimum atomic E-state index is 0.352. The zero-order valence-electron chi connectivity index (χ0n) is 8.77. The SMILES string of the molecule is CC(C)n1ccc2cccc(N=C=O)c21. The molecule has 0 unspecified atom stereocenters. The van der Waals surface area contributed by atoms with Crippen LogP contribution in [-0.4, -0.2) is 10.6 Å². The number of fused-ring (bicyclic) bond motifs is 1. The van der Waals surface area contributed by atoms with Gasteiger partial charge in [-0.1, -0.05) is 12.1 Å². The maximum Gasteiger partial charge on any atom is 0.240 e. The average molecular weight is 200 g/mol. The van der Waals surface area contributed by atoms with E-state index in [2.05, 4.69) is 23.4 Å². The number of aliphatic imine (C=N–C) groups is 1. The van der Waals surface area contributed by atoms with Crippen molar-refractivity contribution in [3.8, 4) is 0 Å². The second-order valence-electron chi connectivity index (χ2n) is 3.73. The third kappa shape index (κ3) is 1.58. The smallest absolute Gasteiger partial charge is 0.240 e. The quantitative estimate of drug-likeness (QED) is 0.541. The van der Waals surface area contributed by atoms with Crippen LogP contribution in [0.3, 0.4) is 0 Å². The van der Waals surface area contributed by atoms with Gasteiger partial charge < -0.3 is 4.57 Å². The highest BCUT2D eigenvalue weighted by Gasteiger charge is 2.07. The summed E-state index contributed by atoms with van der Waals surface area (Å²) in [6.45, 7) is 4.20. The highest BCUT2D eigenvalue weighted by molar-refractivity contribution is 5.91. The van der Waals surface area contributed by atoms with Crippen molar-refractivity contribution in [2.75, 3.05) is 0 Å². The second-order valence-corrected chi connectivity index (χ2v) is 3.73. The fraction of sp³-hybridized carbons (Fsp3) is 0.250. The first-order chi connectivity index (χ1) is 7.24. The van der Waals surface area contributed by atoms with Gasteiger partial charge in [0.05, 0.1) is 5.52 Å². The molecule has 0 aliphatic rings. The summed E-state index contributed by atoms with van der Waals surface area (Å²) >= 11 is 0. The molecule has 2 rings (SSSR count). The van der Waals surface area contributed by atoms with Gasteiger partial charge in [-0.05, 0) is 26.0 Å². The number of nitrogens with zero attached hydrogens (tertiary/aromatic N) is 2. The molecule has 0 bridgehead atoms. The number of aromatic nitrogens is 1. The van der Waals surface area contributed by atoms with Crippen molar-refractivity contribution in [2.24, 2.45) is 4.99 Å². The van der Waals surface area contributed by atoms with E-state index in [1.807, 2.05) is 30.5 Å². The Labute approximate surface area is 88.0 Å². The minimum absolute atomic E-state index is 0.352. The van der Waals surface area contributed by atoms with Crippen molar-refractivity contribution >= 4 is 22.7 Å². The minimum Gasteiger partial charge on any atom is -0.343 e. The van der Waals surface area contributed by atoms with Crippen LogP contribution in [0.5, 0.6) is 0 Å². The van der Waals surface area contributed by atoms with Crippen LogP contribution in [0.2, 0.25) is 0 Å². The summed E-state index contributed by atoms with van der Waals surface area (Å²) in [5.41, 5.74) is 1.68. The van der Waals surface area contributed by atoms with E-state index in [-0.39, 0.29) is 0 Å². The van der Waals surface area contributed by atoms with Gasteiger partial charge in [0, 0.05) is 17.6 Å². The van der Waals surface area contributed by atoms with E-state index in [9.17, 15) is 4.79 Å². The molecule has 0 aliphatic heterocycles. The maximum absolute atomic E-state index is 10.3. The molecule has 15 heavy (non-hydrogen) atoms. The van der Waals surface area contributed by atoms with E-state index in [1.54, 1.807) is 6.08 Å². The van der Waals surface area contributed by atoms with Crippen molar-refractivity contribution < 1.29 is 4.79 Å². The summed E-state index contributed by atoms with van der Waals surface area (Å²) in [6, 6.07) is 8.11. The first kappa shape index (κ1) is 9.69. The highest BCUT2D eigenvalue weighted by Crippen LogP contribution is 2.28. The summed E-state index contributed by atoms with van der Waals surface area (Å²) in [5.74, 6) is 0. The van der Waals surface area contributed by atoms with Gasteiger partial charge in [0.15, 0.2) is 0 Å². The Morgan fingerprint density at radius 3 is 2.80 bits per heavy atom. The van der Waals surface area contributed by atoms with Gasteiger partial charge in [-0.15, -0.1) is 0 Å². The number of hydrogen-bond donors (Lipinski definition) is 0. The monoisotopic (exact) mass is 200 g/mol. The van der Waals surface area contributed by atoms with E-state index in [0.29, 0.717) is 11.7 Å². The fourth-order valence-corrected chi connectivity index (χ4v) is 1.77. The molecule has 0 spiro atoms. The van der Waals surface area contributed by atoms with Crippen molar-refractivity contribution in [3.63, 3.8) is 0 Å². The molecular formula is C12H12N2O. The molecule has 2 aromatic rings. The third-order valence-electron chi connectivity index (χ3n) is 2.44. The Bertz CT molecular complexity index is 534. The maximum atomic E-state index is 10.3. The summed E-state index contributed by atoms with van der Waals surface area (Å²) in [5, 5.41) is 1.10. The highest BCUT2D eigenvalue weighted by atomic mass is 16.1. The zero-order chi connectivity index (χ0) is 10.8. The number of carbonyl (C=O) groups excluding carboxylic acids is 1. The van der Waals surface area contributed by atoms with Crippen LogP contribution in [0.1, 0.15) is 19.9 Å². The molecule has 0 aliphatic carbocycles. The van der Waals surface area contributed by atoms with E-state index in [4.69, 9.17) is 0 Å². The molecule has 0 atom stereocenters. The standard InChI is InChI=1S/C12H12N2O/c1-9(2)14-7-6-10-4-3-5-11(12(10)14)13-8-15/h3-7,9H,1-2H3. The van der Waals surface area contributed by atoms with Gasteiger partial charge in [-0.25, -0.2) is 4.79 Å². The molecule has 76 valence electrons. The predicted molar refractivity (Wildman–Crippen MR) is 60.1 cm³/mol. The Kier molecular flexibility index (Phi) is 2.40. The zero-order valence-corrected chi connectivity index (χ0v) is 8.77. The molecular weight excluding hydrogens is 188 g/mol. The van der Waals surface area contributed by atoms with Crippen LogP contribution < -0.4 is 0 Å². The van der Waals surface area contributed by atoms with E-state index in [1.165, 1.54) is 0 Å². The van der Waals surface area contributed by atoms with Crippen LogP contribution in [0.4, 0.5) is 5.69 Å². The summed E-state index contributed by atoms with van der Waals surface area (Å²) in [7, 11) is 0. The lowest BCUT2D eigenvalue weighted by molar-refractivity contribution is 0.565. The number of rotatable bonds is 2. The van der Waals surface area contributed by atoms with Gasteiger partial charge in [0.2, 0.25) is 6.08 Å². The molecule has 0 saturated carbocycles. The number of benzene rings is 1. The Morgan fingerprint density at radius 2 is 2.13 bits per heavy atom. The van der Waals surface area contributed by atoms with Crippen LogP contribution in [0.15, 0.2) is 35.5 Å². The predicted octanol–water partition coefficient (Wildman–Crippen LogP) is 3.19. The van der Waals surface area contributed by atoms with Crippen molar-refractivity contribution in [1.82, 2.24) is 4.57 Å². The fourth-order valence-electron chi connectivity index (χ4n) is 1.77. The first-order valence-electron chi connectivity index (χ1n) is 4.91. The van der Waals surface area contributed by atoms with Crippen LogP contribution in [0.25, 0.3) is 10.9 Å². The molecule has 0 fully saturated rings. The molecule has 1 aromatic heterocycles. The van der Waals surface area contributed by atoms with Crippen LogP contribution in [-0.2, 0) is 4.79 Å². The summed E-state index contributed by atoms with van der Waals surface area (Å²) < 4.78 is 2.10. The van der Waals surface area contributed by atoms with Crippen molar-refractivity contribution in [2.45, 2.75) is 19.9 Å². The molecule has 1 heterocycles. The Hall–Kier alpha value is -1.86. The van der Waals surface area contributed by atoms with Crippen molar-refractivity contribution in [3.05, 3.63) is 30.5 Å². The van der Waals surface area contributed by atoms with Crippen LogP contribution >= 0.6 is 0 Å². The summed E-state index contributed by atoms with van der Waals surface area (Å²) in [4.78, 5) is 14.0. The second kappa shape index (κ2) is 3.71. The van der Waals surface area contributed by atoms with Crippen molar-refractivity contribution in [1.29, 1.82) is 0 Å². The summed E-state index contributed by atoms with van der Waals surface area (Å²) in [6.07, 6.45) is 3.61. The molecule has 3 nitrogen and oxygen atoms in total. The average Bonchev–Trinajstić information content (AvgIpc) is 2.62. The number of para-hydroxylation sites is 1. The molecule has 3 heteroatoms. The molecule has 0 amide bonds. The van der Waals surface area contributed by atoms with Gasteiger partial charge in [0.1, 0.15) is 5.69 Å². The topological polar surface area (TPSA) is 34.4 Å². The molecule has 1 aromatic carbocycles. The van der Waals surface area contributed by atoms with Gasteiger partial charge in [-0.2, -0.15) is 4.99 Å². The molecule has 0 saturated heterocycles. The van der Waals surface area contributed by atoms with Gasteiger partial charge in [-0.3, -0.25) is 0 Å². The molecule has 0 N–H and O–H groups in total. The van der Waals surface area contributed by atoms with E-state index >= 15 is 0 Å². The lowest BCUT2D eigenvalue weighted by Gasteiger charge is -2.10. The lowest BCUT2D eigenvalue weighted by Crippen LogP contribution is -1.97. The Morgan fingerprint density at radius 1 is 1.33 bits per heavy atom. The van der Waals surface area contributed by atoms with E-state index < -0.39 is 0 Å². The first-order valence-corrected chi connectivity index (χ1v) is 4.91. The normalized spacial score (nSPS) is 10.6. The number of hydrogen-bond acceptors (Lipinski definition) is 2. The molecule has 0 radical (unpaired) electrons. The number of isocyanates is 1. The lowest BCUT2D eigenvalue weighted by atomic mass is 10.2.